The number of carbonyl (C=O) groups excluding carboxylic acids is 3. The molecule has 0 heterocycles. The molecular formula is C31H22O9. The lowest BCUT2D eigenvalue weighted by Gasteiger charge is -2.38. The lowest BCUT2D eigenvalue weighted by molar-refractivity contribution is 0.0914. The average molecular weight is 539 g/mol. The zero-order chi connectivity index (χ0) is 28.8. The van der Waals surface area contributed by atoms with Gasteiger partial charge in [-0.1, -0.05) is 18.2 Å². The van der Waals surface area contributed by atoms with Gasteiger partial charge in [-0.2, -0.15) is 0 Å². The maximum absolute atomic E-state index is 13.7. The summed E-state index contributed by atoms with van der Waals surface area (Å²) in [4.78, 5) is 40.7. The predicted molar refractivity (Wildman–Crippen MR) is 141 cm³/mol. The molecule has 0 saturated heterocycles. The van der Waals surface area contributed by atoms with Crippen molar-refractivity contribution in [3.63, 3.8) is 0 Å². The Morgan fingerprint density at radius 3 is 1.90 bits per heavy atom. The van der Waals surface area contributed by atoms with Gasteiger partial charge < -0.3 is 30.3 Å². The Kier molecular flexibility index (Phi) is 5.14. The van der Waals surface area contributed by atoms with Gasteiger partial charge in [0.05, 0.1) is 34.9 Å². The number of hydrogen-bond donors (Lipinski definition) is 5. The lowest BCUT2D eigenvalue weighted by atomic mass is 9.68. The van der Waals surface area contributed by atoms with Gasteiger partial charge in [0.1, 0.15) is 34.3 Å². The van der Waals surface area contributed by atoms with Crippen LogP contribution in [0, 0.1) is 13.8 Å². The van der Waals surface area contributed by atoms with Gasteiger partial charge in [-0.15, -0.1) is 0 Å². The van der Waals surface area contributed by atoms with E-state index in [1.165, 1.54) is 55.6 Å². The lowest BCUT2D eigenvalue weighted by Crippen LogP contribution is -2.38. The molecule has 0 amide bonds. The van der Waals surface area contributed by atoms with E-state index < -0.39 is 57.1 Å². The quantitative estimate of drug-likeness (QED) is 0.225. The van der Waals surface area contributed by atoms with Gasteiger partial charge in [0, 0.05) is 22.3 Å². The zero-order valence-corrected chi connectivity index (χ0v) is 21.5. The summed E-state index contributed by atoms with van der Waals surface area (Å²) >= 11 is 0. The van der Waals surface area contributed by atoms with Gasteiger partial charge >= 0.3 is 0 Å². The molecule has 0 spiro atoms. The Labute approximate surface area is 227 Å². The van der Waals surface area contributed by atoms with Crippen LogP contribution in [-0.2, 0) is 5.60 Å². The summed E-state index contributed by atoms with van der Waals surface area (Å²) in [6.45, 7) is 3.27. The second-order valence-corrected chi connectivity index (χ2v) is 10.0. The summed E-state index contributed by atoms with van der Waals surface area (Å²) in [5.74, 6) is -4.69. The third-order valence-electron chi connectivity index (χ3n) is 7.59. The third-order valence-corrected chi connectivity index (χ3v) is 7.59. The molecule has 200 valence electrons. The number of ether oxygens (including phenoxy) is 1. The van der Waals surface area contributed by atoms with Crippen molar-refractivity contribution in [3.8, 4) is 28.7 Å². The van der Waals surface area contributed by atoms with E-state index in [4.69, 9.17) is 4.74 Å². The van der Waals surface area contributed by atoms with E-state index in [9.17, 15) is 39.9 Å². The SMILES string of the molecule is COc1cc2c(c(O)c1[C@]1(O)c3cccc(O)c3C(=O)c3c(O)cc(C)cc31)C(=O)c1c(O)cc(C)cc1C2=O. The monoisotopic (exact) mass is 538 g/mol. The van der Waals surface area contributed by atoms with Crippen LogP contribution in [0.2, 0.25) is 0 Å². The fraction of sp³-hybridized carbons (Fsp3) is 0.129. The maximum Gasteiger partial charge on any atom is 0.201 e. The first kappa shape index (κ1) is 25.1. The molecule has 0 aliphatic heterocycles. The number of aryl methyl sites for hydroxylation is 2. The highest BCUT2D eigenvalue weighted by molar-refractivity contribution is 6.30. The number of fused-ring (bicyclic) bond motifs is 4. The fourth-order valence-corrected chi connectivity index (χ4v) is 5.93. The molecule has 4 aromatic carbocycles. The first-order valence-electron chi connectivity index (χ1n) is 12.2. The molecule has 5 N–H and O–H groups in total. The van der Waals surface area contributed by atoms with Gasteiger partial charge in [0.2, 0.25) is 11.6 Å². The van der Waals surface area contributed by atoms with Crippen molar-refractivity contribution in [2.24, 2.45) is 0 Å². The highest BCUT2D eigenvalue weighted by Gasteiger charge is 2.51. The Morgan fingerprint density at radius 2 is 1.23 bits per heavy atom. The van der Waals surface area contributed by atoms with E-state index in [0.29, 0.717) is 11.1 Å². The normalized spacial score (nSPS) is 17.1. The van der Waals surface area contributed by atoms with Crippen LogP contribution in [0.3, 0.4) is 0 Å². The topological polar surface area (TPSA) is 162 Å². The van der Waals surface area contributed by atoms with E-state index >= 15 is 0 Å². The minimum absolute atomic E-state index is 0.0488. The number of ketones is 3. The summed E-state index contributed by atoms with van der Waals surface area (Å²) in [6, 6.07) is 10.7. The minimum Gasteiger partial charge on any atom is -0.507 e. The molecule has 0 saturated carbocycles. The molecule has 4 aromatic rings. The van der Waals surface area contributed by atoms with Crippen molar-refractivity contribution >= 4 is 17.3 Å². The number of hydrogen-bond acceptors (Lipinski definition) is 9. The highest BCUT2D eigenvalue weighted by atomic mass is 16.5. The van der Waals surface area contributed by atoms with E-state index in [1.54, 1.807) is 13.8 Å². The number of aliphatic hydroxyl groups is 1. The summed E-state index contributed by atoms with van der Waals surface area (Å²) in [7, 11) is 1.24. The molecule has 9 heteroatoms. The van der Waals surface area contributed by atoms with E-state index in [2.05, 4.69) is 0 Å². The van der Waals surface area contributed by atoms with Crippen LogP contribution in [-0.4, -0.2) is 50.0 Å². The fourth-order valence-electron chi connectivity index (χ4n) is 5.93. The molecule has 6 rings (SSSR count). The molecule has 0 bridgehead atoms. The standard InChI is InChI=1S/C31H22O9/c1-12-7-14-22(19(33)9-12)28(36)23-15(27(14)35)11-21(40-3)26(30(23)38)31(39)16-5-4-6-18(32)24(16)29(37)25-17(31)8-13(2)10-20(25)34/h4-11,32-34,38-39H,1-3H3/t31-/m0/s1. The number of aromatic hydroxyl groups is 4. The van der Waals surface area contributed by atoms with E-state index in [1.807, 2.05) is 0 Å². The summed E-state index contributed by atoms with van der Waals surface area (Å²) in [6.07, 6.45) is 0. The Morgan fingerprint density at radius 1 is 0.650 bits per heavy atom. The molecule has 9 nitrogen and oxygen atoms in total. The van der Waals surface area contributed by atoms with Crippen LogP contribution in [0.1, 0.15) is 75.6 Å². The first-order chi connectivity index (χ1) is 18.9. The van der Waals surface area contributed by atoms with Crippen LogP contribution in [0.4, 0.5) is 0 Å². The molecule has 0 fully saturated rings. The van der Waals surface area contributed by atoms with Gasteiger partial charge in [-0.3, -0.25) is 14.4 Å². The van der Waals surface area contributed by atoms with Crippen molar-refractivity contribution in [2.45, 2.75) is 19.4 Å². The van der Waals surface area contributed by atoms with Crippen LogP contribution in [0.25, 0.3) is 0 Å². The third kappa shape index (κ3) is 3.03. The summed E-state index contributed by atoms with van der Waals surface area (Å²) in [5, 5.41) is 56.4. The molecule has 0 unspecified atom stereocenters. The van der Waals surface area contributed by atoms with Crippen LogP contribution >= 0.6 is 0 Å². The van der Waals surface area contributed by atoms with Crippen LogP contribution in [0.15, 0.2) is 48.5 Å². The number of phenols is 4. The molecule has 0 radical (unpaired) electrons. The number of carbonyl (C=O) groups is 3. The highest BCUT2D eigenvalue weighted by Crippen LogP contribution is 2.55. The number of benzene rings is 4. The number of methoxy groups -OCH3 is 1. The Balaban J connectivity index is 1.76. The molecule has 0 aromatic heterocycles. The predicted octanol–water partition coefficient (Wildman–Crippen LogP) is 3.74. The van der Waals surface area contributed by atoms with Crippen molar-refractivity contribution in [1.29, 1.82) is 0 Å². The van der Waals surface area contributed by atoms with Gasteiger partial charge in [-0.25, -0.2) is 0 Å². The maximum atomic E-state index is 13.7. The minimum atomic E-state index is -2.45. The molecule has 2 aliphatic carbocycles. The smallest absolute Gasteiger partial charge is 0.201 e. The largest absolute Gasteiger partial charge is 0.507 e. The van der Waals surface area contributed by atoms with Crippen molar-refractivity contribution in [3.05, 3.63) is 110 Å². The number of rotatable bonds is 2. The summed E-state index contributed by atoms with van der Waals surface area (Å²) < 4.78 is 5.53. The van der Waals surface area contributed by atoms with E-state index in [0.717, 1.165) is 0 Å². The van der Waals surface area contributed by atoms with Crippen molar-refractivity contribution in [2.75, 3.05) is 7.11 Å². The average Bonchev–Trinajstić information content (AvgIpc) is 2.88. The molecule has 2 aliphatic rings. The summed E-state index contributed by atoms with van der Waals surface area (Å²) in [5.41, 5.74) is -3.79. The van der Waals surface area contributed by atoms with Crippen molar-refractivity contribution < 1.29 is 44.7 Å². The molecular weight excluding hydrogens is 516 g/mol. The van der Waals surface area contributed by atoms with Gasteiger partial charge in [0.25, 0.3) is 0 Å². The second-order valence-electron chi connectivity index (χ2n) is 10.0. The Hall–Kier alpha value is -5.15. The molecule has 1 atom stereocenters. The number of phenolic OH excluding ortho intramolecular Hbond substituents is 4. The van der Waals surface area contributed by atoms with Gasteiger partial charge in [-0.05, 0) is 55.3 Å². The second kappa shape index (κ2) is 8.17. The van der Waals surface area contributed by atoms with E-state index in [-0.39, 0.29) is 44.7 Å². The molecule has 40 heavy (non-hydrogen) atoms. The Bertz CT molecular complexity index is 1870. The zero-order valence-electron chi connectivity index (χ0n) is 21.5. The van der Waals surface area contributed by atoms with Gasteiger partial charge in [0.15, 0.2) is 5.78 Å². The van der Waals surface area contributed by atoms with Crippen LogP contribution in [0.5, 0.6) is 28.7 Å². The van der Waals surface area contributed by atoms with Crippen molar-refractivity contribution in [1.82, 2.24) is 0 Å². The first-order valence-corrected chi connectivity index (χ1v) is 12.2. The van der Waals surface area contributed by atoms with Crippen LogP contribution < -0.4 is 4.74 Å².